The third-order valence-corrected chi connectivity index (χ3v) is 4.01. The van der Waals surface area contributed by atoms with Crippen molar-refractivity contribution in [2.45, 2.75) is 0 Å². The van der Waals surface area contributed by atoms with Crippen LogP contribution in [-0.2, 0) is 0 Å². The van der Waals surface area contributed by atoms with Crippen LogP contribution in [0.15, 0.2) is 67.3 Å². The number of aromatic amines is 2. The van der Waals surface area contributed by atoms with Crippen molar-refractivity contribution in [1.82, 2.24) is 15.2 Å². The zero-order valence-corrected chi connectivity index (χ0v) is 13.2. The number of hydrogen-bond acceptors (Lipinski definition) is 3. The molecule has 0 fully saturated rings. The quantitative estimate of drug-likeness (QED) is 0.604. The average molecular weight is 332 g/mol. The number of hydrogen-bond donors (Lipinski definition) is 2. The number of halogens is 1. The van der Waals surface area contributed by atoms with E-state index in [4.69, 9.17) is 5.73 Å². The van der Waals surface area contributed by atoms with Crippen LogP contribution in [0.5, 0.6) is 0 Å². The Balaban J connectivity index is 1.79. The van der Waals surface area contributed by atoms with Gasteiger partial charge in [0.05, 0.1) is 6.20 Å². The first-order valence-electron chi connectivity index (χ1n) is 7.74. The van der Waals surface area contributed by atoms with E-state index in [0.717, 1.165) is 22.3 Å². The molecule has 0 unspecified atom stereocenters. The minimum Gasteiger partial charge on any atom is -0.286 e. The fraction of sp³-hybridized carbons (Fsp3) is 0. The molecule has 0 saturated heterocycles. The van der Waals surface area contributed by atoms with Gasteiger partial charge in [0.25, 0.3) is 5.82 Å². The zero-order chi connectivity index (χ0) is 17.2. The number of rotatable bonds is 3. The van der Waals surface area contributed by atoms with E-state index >= 15 is 0 Å². The third-order valence-electron chi connectivity index (χ3n) is 4.01. The first kappa shape index (κ1) is 15.0. The van der Waals surface area contributed by atoms with E-state index in [1.807, 2.05) is 36.5 Å². The second-order valence-corrected chi connectivity index (χ2v) is 5.61. The first-order valence-corrected chi connectivity index (χ1v) is 7.74. The molecular formula is C19H15FN5+. The van der Waals surface area contributed by atoms with E-state index < -0.39 is 0 Å². The topological polar surface area (TPSA) is 81.7 Å². The van der Waals surface area contributed by atoms with Gasteiger partial charge >= 0.3 is 0 Å². The molecule has 4 aromatic rings. The standard InChI is InChI=1S/C19H14FN5/c20-17-7-12(5-6-16(17)18-10-23-19(21)11-22-18)14-3-1-2-4-15(14)13-8-24-25-9-13/h1-11H,(H2,21,23)(H,24,25)/p+1. The van der Waals surface area contributed by atoms with Gasteiger partial charge in [0.2, 0.25) is 0 Å². The summed E-state index contributed by atoms with van der Waals surface area (Å²) < 4.78 is 14.7. The van der Waals surface area contributed by atoms with Gasteiger partial charge in [-0.3, -0.25) is 10.8 Å². The normalized spacial score (nSPS) is 10.8. The molecule has 0 amide bonds. The highest BCUT2D eigenvalue weighted by Crippen LogP contribution is 2.33. The van der Waals surface area contributed by atoms with Crippen LogP contribution in [0.4, 0.5) is 10.2 Å². The number of nitrogens with one attached hydrogen (secondary N) is 2. The van der Waals surface area contributed by atoms with E-state index in [0.29, 0.717) is 17.1 Å². The smallest absolute Gasteiger partial charge is 0.286 e. The number of aromatic nitrogens is 4. The van der Waals surface area contributed by atoms with Crippen LogP contribution in [0.1, 0.15) is 0 Å². The molecule has 4 rings (SSSR count). The van der Waals surface area contributed by atoms with E-state index in [9.17, 15) is 4.39 Å². The fourth-order valence-corrected chi connectivity index (χ4v) is 2.79. The predicted octanol–water partition coefficient (Wildman–Crippen LogP) is 3.34. The minimum atomic E-state index is -0.342. The molecule has 0 aliphatic rings. The van der Waals surface area contributed by atoms with Crippen molar-refractivity contribution < 1.29 is 9.37 Å². The lowest BCUT2D eigenvalue weighted by Crippen LogP contribution is -2.10. The largest absolute Gasteiger partial charge is 0.288 e. The van der Waals surface area contributed by atoms with Gasteiger partial charge in [-0.25, -0.2) is 14.4 Å². The summed E-state index contributed by atoms with van der Waals surface area (Å²) in [5.41, 5.74) is 10.2. The molecule has 6 heteroatoms. The van der Waals surface area contributed by atoms with Gasteiger partial charge in [0.1, 0.15) is 23.9 Å². The maximum atomic E-state index is 14.7. The van der Waals surface area contributed by atoms with Crippen LogP contribution in [0, 0.1) is 5.82 Å². The first-order chi connectivity index (χ1) is 12.2. The molecule has 0 aliphatic heterocycles. The van der Waals surface area contributed by atoms with Crippen molar-refractivity contribution in [2.24, 2.45) is 0 Å². The highest BCUT2D eigenvalue weighted by Gasteiger charge is 2.13. The third kappa shape index (κ3) is 2.85. The summed E-state index contributed by atoms with van der Waals surface area (Å²) in [6.45, 7) is 0. The summed E-state index contributed by atoms with van der Waals surface area (Å²) in [4.78, 5) is 7.00. The van der Waals surface area contributed by atoms with Crippen LogP contribution in [0.3, 0.4) is 0 Å². The molecule has 4 N–H and O–H groups in total. The van der Waals surface area contributed by atoms with E-state index in [2.05, 4.69) is 20.2 Å². The molecule has 2 aromatic heterocycles. The van der Waals surface area contributed by atoms with Crippen molar-refractivity contribution in [3.63, 3.8) is 0 Å². The van der Waals surface area contributed by atoms with Crippen molar-refractivity contribution >= 4 is 5.82 Å². The Labute approximate surface area is 143 Å². The van der Waals surface area contributed by atoms with Crippen LogP contribution in [0.2, 0.25) is 0 Å². The Morgan fingerprint density at radius 3 is 2.40 bits per heavy atom. The highest BCUT2D eigenvalue weighted by molar-refractivity contribution is 5.83. The van der Waals surface area contributed by atoms with E-state index in [-0.39, 0.29) is 5.82 Å². The van der Waals surface area contributed by atoms with Gasteiger partial charge in [-0.15, -0.1) is 0 Å². The Morgan fingerprint density at radius 1 is 0.960 bits per heavy atom. The molecule has 0 atom stereocenters. The minimum absolute atomic E-state index is 0.342. The summed E-state index contributed by atoms with van der Waals surface area (Å²) in [5, 5.41) is 6.80. The van der Waals surface area contributed by atoms with Crippen LogP contribution < -0.4 is 10.7 Å². The average Bonchev–Trinajstić information content (AvgIpc) is 3.17. The molecule has 122 valence electrons. The number of nitrogens with two attached hydrogens (primary N) is 1. The van der Waals surface area contributed by atoms with Crippen LogP contribution in [-0.4, -0.2) is 15.2 Å². The van der Waals surface area contributed by atoms with E-state index in [1.54, 1.807) is 18.5 Å². The molecule has 25 heavy (non-hydrogen) atoms. The Kier molecular flexibility index (Phi) is 3.70. The lowest BCUT2D eigenvalue weighted by molar-refractivity contribution is -0.360. The maximum absolute atomic E-state index is 14.7. The summed E-state index contributed by atoms with van der Waals surface area (Å²) in [6, 6.07) is 13.0. The summed E-state index contributed by atoms with van der Waals surface area (Å²) in [7, 11) is 0. The Hall–Kier alpha value is -3.54. The van der Waals surface area contributed by atoms with Crippen molar-refractivity contribution in [1.29, 1.82) is 0 Å². The fourth-order valence-electron chi connectivity index (χ4n) is 2.79. The molecule has 0 radical (unpaired) electrons. The summed E-state index contributed by atoms with van der Waals surface area (Å²) >= 11 is 0. The second kappa shape index (κ2) is 6.16. The van der Waals surface area contributed by atoms with Crippen LogP contribution >= 0.6 is 0 Å². The molecule has 0 bridgehead atoms. The lowest BCUT2D eigenvalue weighted by Gasteiger charge is -2.10. The van der Waals surface area contributed by atoms with Gasteiger partial charge in [-0.1, -0.05) is 30.3 Å². The Morgan fingerprint density at radius 2 is 1.76 bits per heavy atom. The zero-order valence-electron chi connectivity index (χ0n) is 13.2. The van der Waals surface area contributed by atoms with Crippen molar-refractivity contribution in [2.75, 3.05) is 5.73 Å². The monoisotopic (exact) mass is 332 g/mol. The molecular weight excluding hydrogens is 317 g/mol. The van der Waals surface area contributed by atoms with Gasteiger partial charge in [-0.05, 0) is 28.8 Å². The van der Waals surface area contributed by atoms with Crippen molar-refractivity contribution in [3.05, 3.63) is 73.1 Å². The molecule has 2 aromatic carbocycles. The number of benzene rings is 2. The molecule has 5 nitrogen and oxygen atoms in total. The number of nitrogen functional groups attached to an aromatic ring is 1. The SMILES string of the molecule is Nc1cnc(-c2ccc(-c3ccccc3-c3cn[nH]c3)cc2F)c[nH+]1. The van der Waals surface area contributed by atoms with E-state index in [1.165, 1.54) is 12.3 Å². The number of H-pyrrole nitrogens is 2. The predicted molar refractivity (Wildman–Crippen MR) is 93.6 cm³/mol. The van der Waals surface area contributed by atoms with Crippen molar-refractivity contribution in [3.8, 4) is 33.5 Å². The van der Waals surface area contributed by atoms with Gasteiger partial charge in [0.15, 0.2) is 0 Å². The highest BCUT2D eigenvalue weighted by atomic mass is 19.1. The number of anilines is 1. The molecule has 0 spiro atoms. The van der Waals surface area contributed by atoms with Gasteiger partial charge in [-0.2, -0.15) is 5.10 Å². The summed E-state index contributed by atoms with van der Waals surface area (Å²) in [5.74, 6) is 0.0833. The second-order valence-electron chi connectivity index (χ2n) is 5.61. The molecule has 0 aliphatic carbocycles. The lowest BCUT2D eigenvalue weighted by atomic mass is 9.95. The maximum Gasteiger partial charge on any atom is 0.288 e. The molecule has 2 heterocycles. The number of nitrogens with zero attached hydrogens (tertiary/aromatic N) is 2. The van der Waals surface area contributed by atoms with Gasteiger partial charge in [0, 0.05) is 17.3 Å². The summed E-state index contributed by atoms with van der Waals surface area (Å²) in [6.07, 6.45) is 6.62. The van der Waals surface area contributed by atoms with Crippen LogP contribution in [0.25, 0.3) is 33.5 Å². The molecule has 0 saturated carbocycles. The van der Waals surface area contributed by atoms with Gasteiger partial charge < -0.3 is 0 Å². The Bertz CT molecular complexity index is 1010.